The zero-order valence-electron chi connectivity index (χ0n) is 12.9. The van der Waals surface area contributed by atoms with E-state index in [2.05, 4.69) is 40.5 Å². The monoisotopic (exact) mass is 296 g/mol. The highest BCUT2D eigenvalue weighted by molar-refractivity contribution is 5.95. The third kappa shape index (κ3) is 2.31. The van der Waals surface area contributed by atoms with Gasteiger partial charge in [0.05, 0.1) is 5.71 Å². The maximum absolute atomic E-state index is 5.51. The molecule has 4 aliphatic rings. The molecule has 0 aliphatic heterocycles. The first kappa shape index (κ1) is 13.8. The minimum atomic E-state index is 0.0659. The summed E-state index contributed by atoms with van der Waals surface area (Å²) in [5.74, 6) is 2.41. The second kappa shape index (κ2) is 5.11. The molecule has 4 aliphatic carbocycles. The van der Waals surface area contributed by atoms with Gasteiger partial charge in [0.2, 0.25) is 5.96 Å². The van der Waals surface area contributed by atoms with Crippen LogP contribution in [0.3, 0.4) is 0 Å². The molecule has 0 saturated heterocycles. The third-order valence-corrected chi connectivity index (χ3v) is 5.85. The molecule has 4 saturated carbocycles. The van der Waals surface area contributed by atoms with Crippen molar-refractivity contribution >= 4 is 11.7 Å². The minimum absolute atomic E-state index is 0.0659. The highest BCUT2D eigenvalue weighted by atomic mass is 15.3. The molecule has 1 aromatic rings. The molecule has 4 nitrogen and oxygen atoms in total. The first-order chi connectivity index (χ1) is 10.6. The van der Waals surface area contributed by atoms with Crippen LogP contribution in [-0.4, -0.2) is 11.7 Å². The van der Waals surface area contributed by atoms with Gasteiger partial charge in [-0.25, -0.2) is 0 Å². The summed E-state index contributed by atoms with van der Waals surface area (Å²) < 4.78 is 0. The molecule has 5 rings (SSSR count). The van der Waals surface area contributed by atoms with Crippen molar-refractivity contribution < 1.29 is 0 Å². The first-order valence-corrected chi connectivity index (χ1v) is 8.35. The lowest BCUT2D eigenvalue weighted by Crippen LogP contribution is -2.54. The molecule has 0 radical (unpaired) electrons. The Bertz CT molecular complexity index is 601. The molecule has 4 fully saturated rings. The molecule has 4 N–H and O–H groups in total. The molecule has 2 unspecified atom stereocenters. The molecule has 116 valence electrons. The van der Waals surface area contributed by atoms with Crippen LogP contribution in [0.4, 0.5) is 0 Å². The summed E-state index contributed by atoms with van der Waals surface area (Å²) in [6.07, 6.45) is 7.58. The Morgan fingerprint density at radius 2 is 1.73 bits per heavy atom. The van der Waals surface area contributed by atoms with Gasteiger partial charge in [-0.2, -0.15) is 5.10 Å². The molecule has 0 heterocycles. The summed E-state index contributed by atoms with van der Waals surface area (Å²) in [6, 6.07) is 10.8. The Kier molecular flexibility index (Phi) is 3.21. The number of hydrogen-bond acceptors (Lipinski definition) is 2. The minimum Gasteiger partial charge on any atom is -0.369 e. The normalized spacial score (nSPS) is 37.5. The van der Waals surface area contributed by atoms with E-state index in [1.165, 1.54) is 43.4 Å². The van der Waals surface area contributed by atoms with Crippen LogP contribution < -0.4 is 11.5 Å². The fourth-order valence-electron chi connectivity index (χ4n) is 5.47. The number of nitrogens with zero attached hydrogens (tertiary/aromatic N) is 2. The van der Waals surface area contributed by atoms with E-state index >= 15 is 0 Å². The van der Waals surface area contributed by atoms with E-state index in [9.17, 15) is 0 Å². The lowest BCUT2D eigenvalue weighted by molar-refractivity contribution is 0.0467. The number of guanidine groups is 1. The number of rotatable bonds is 3. The largest absolute Gasteiger partial charge is 0.369 e. The van der Waals surface area contributed by atoms with Gasteiger partial charge in [0.25, 0.3) is 0 Å². The smallest absolute Gasteiger partial charge is 0.211 e. The summed E-state index contributed by atoms with van der Waals surface area (Å²) in [4.78, 5) is 0. The van der Waals surface area contributed by atoms with E-state index in [4.69, 9.17) is 11.5 Å². The predicted molar refractivity (Wildman–Crippen MR) is 89.4 cm³/mol. The van der Waals surface area contributed by atoms with Crippen molar-refractivity contribution in [1.82, 2.24) is 0 Å². The van der Waals surface area contributed by atoms with Gasteiger partial charge in [-0.15, -0.1) is 5.10 Å². The molecular formula is C18H24N4. The summed E-state index contributed by atoms with van der Waals surface area (Å²) in [7, 11) is 0. The Morgan fingerprint density at radius 1 is 1.05 bits per heavy atom. The van der Waals surface area contributed by atoms with Gasteiger partial charge >= 0.3 is 0 Å². The van der Waals surface area contributed by atoms with Crippen molar-refractivity contribution in [2.75, 3.05) is 0 Å². The molecule has 0 aromatic heterocycles. The van der Waals surface area contributed by atoms with E-state index < -0.39 is 0 Å². The van der Waals surface area contributed by atoms with E-state index in [1.54, 1.807) is 0 Å². The fourth-order valence-corrected chi connectivity index (χ4v) is 5.47. The Labute approximate surface area is 131 Å². The lowest BCUT2D eigenvalue weighted by Gasteiger charge is -2.57. The van der Waals surface area contributed by atoms with Gasteiger partial charge in [-0.1, -0.05) is 30.3 Å². The van der Waals surface area contributed by atoms with Gasteiger partial charge in [0.15, 0.2) is 0 Å². The summed E-state index contributed by atoms with van der Waals surface area (Å²) in [6.45, 7) is 0. The van der Waals surface area contributed by atoms with Crippen molar-refractivity contribution in [3.63, 3.8) is 0 Å². The summed E-state index contributed by atoms with van der Waals surface area (Å²) >= 11 is 0. The summed E-state index contributed by atoms with van der Waals surface area (Å²) in [5, 5.41) is 8.56. The highest BCUT2D eigenvalue weighted by Gasteiger charge is 2.55. The quantitative estimate of drug-likeness (QED) is 0.511. The third-order valence-electron chi connectivity index (χ3n) is 5.85. The van der Waals surface area contributed by atoms with Crippen molar-refractivity contribution in [2.24, 2.45) is 44.8 Å². The Hall–Kier alpha value is -1.84. The second-order valence-corrected chi connectivity index (χ2v) is 7.50. The highest BCUT2D eigenvalue weighted by Crippen LogP contribution is 2.59. The van der Waals surface area contributed by atoms with Gasteiger partial charge < -0.3 is 11.5 Å². The van der Waals surface area contributed by atoms with Crippen LogP contribution in [0.15, 0.2) is 40.5 Å². The average Bonchev–Trinajstić information content (AvgIpc) is 2.46. The van der Waals surface area contributed by atoms with Crippen LogP contribution in [0.2, 0.25) is 0 Å². The SMILES string of the molecule is NC(N)=N/N=C1\C2C[C@@H]3C[C@H](C2)CC1(Cc1ccccc1)C3. The van der Waals surface area contributed by atoms with Crippen LogP contribution in [0.1, 0.15) is 37.7 Å². The molecule has 1 aromatic carbocycles. The number of nitrogens with two attached hydrogens (primary N) is 2. The molecule has 0 amide bonds. The molecular weight excluding hydrogens is 272 g/mol. The van der Waals surface area contributed by atoms with Crippen LogP contribution in [0.5, 0.6) is 0 Å². The van der Waals surface area contributed by atoms with Gasteiger partial charge in [-0.3, -0.25) is 0 Å². The van der Waals surface area contributed by atoms with Crippen molar-refractivity contribution in [3.8, 4) is 0 Å². The molecule has 22 heavy (non-hydrogen) atoms. The maximum atomic E-state index is 5.51. The number of hydrogen-bond donors (Lipinski definition) is 2. The van der Waals surface area contributed by atoms with Gasteiger partial charge in [-0.05, 0) is 55.9 Å². The summed E-state index contributed by atoms with van der Waals surface area (Å²) in [5.41, 5.74) is 13.9. The second-order valence-electron chi connectivity index (χ2n) is 7.50. The van der Waals surface area contributed by atoms with Crippen LogP contribution in [0, 0.1) is 23.2 Å². The topological polar surface area (TPSA) is 76.8 Å². The Balaban J connectivity index is 1.72. The van der Waals surface area contributed by atoms with Crippen LogP contribution in [0.25, 0.3) is 0 Å². The van der Waals surface area contributed by atoms with E-state index in [1.807, 2.05) is 0 Å². The zero-order valence-corrected chi connectivity index (χ0v) is 12.9. The predicted octanol–water partition coefficient (Wildman–Crippen LogP) is 2.68. The van der Waals surface area contributed by atoms with Crippen molar-refractivity contribution in [3.05, 3.63) is 35.9 Å². The van der Waals surface area contributed by atoms with E-state index in [0.29, 0.717) is 5.92 Å². The lowest BCUT2D eigenvalue weighted by atomic mass is 9.47. The fraction of sp³-hybridized carbons (Fsp3) is 0.556. The number of benzene rings is 1. The average molecular weight is 296 g/mol. The molecule has 0 spiro atoms. The standard InChI is InChI=1S/C18H24N4/c19-17(20)22-21-16-15-7-13-6-14(8-15)11-18(16,10-13)9-12-4-2-1-3-5-12/h1-5,13-15H,6-11H2,(H4,19,20,22)/b21-16+/t13-,14+,15?,18?. The van der Waals surface area contributed by atoms with Gasteiger partial charge in [0, 0.05) is 11.3 Å². The Morgan fingerprint density at radius 3 is 2.36 bits per heavy atom. The van der Waals surface area contributed by atoms with Crippen molar-refractivity contribution in [2.45, 2.75) is 38.5 Å². The zero-order chi connectivity index (χ0) is 15.2. The molecule has 4 bridgehead atoms. The van der Waals surface area contributed by atoms with Crippen LogP contribution in [-0.2, 0) is 6.42 Å². The van der Waals surface area contributed by atoms with E-state index in [0.717, 1.165) is 18.3 Å². The van der Waals surface area contributed by atoms with Crippen molar-refractivity contribution in [1.29, 1.82) is 0 Å². The van der Waals surface area contributed by atoms with E-state index in [-0.39, 0.29) is 11.4 Å². The maximum Gasteiger partial charge on any atom is 0.211 e. The molecule has 4 heteroatoms. The molecule has 4 atom stereocenters. The van der Waals surface area contributed by atoms with Gasteiger partial charge in [0.1, 0.15) is 0 Å². The first-order valence-electron chi connectivity index (χ1n) is 8.35. The van der Waals surface area contributed by atoms with Crippen LogP contribution >= 0.6 is 0 Å².